The van der Waals surface area contributed by atoms with Crippen LogP contribution >= 0.6 is 0 Å². The van der Waals surface area contributed by atoms with Crippen molar-refractivity contribution in [3.05, 3.63) is 0 Å². The van der Waals surface area contributed by atoms with Crippen molar-refractivity contribution in [2.45, 2.75) is 32.0 Å². The van der Waals surface area contributed by atoms with E-state index in [0.717, 1.165) is 0 Å². The highest BCUT2D eigenvalue weighted by Gasteiger charge is 2.32. The van der Waals surface area contributed by atoms with E-state index >= 15 is 0 Å². The molecule has 17 heavy (non-hydrogen) atoms. The number of β-amino-alcohol motifs (C(OH)–C–C–N with tert-alkyl or cyclic N) is 1. The van der Waals surface area contributed by atoms with E-state index < -0.39 is 15.6 Å². The van der Waals surface area contributed by atoms with E-state index in [1.807, 2.05) is 13.8 Å². The lowest BCUT2D eigenvalue weighted by atomic mass is 10.1. The molecule has 1 aliphatic rings. The normalized spacial score (nSPS) is 25.6. The van der Waals surface area contributed by atoms with Crippen LogP contribution in [0.1, 0.15) is 20.3 Å². The maximum Gasteiger partial charge on any atom is 0.213 e. The van der Waals surface area contributed by atoms with Crippen molar-refractivity contribution in [2.75, 3.05) is 32.0 Å². The van der Waals surface area contributed by atoms with Crippen molar-refractivity contribution in [2.24, 2.45) is 0 Å². The third kappa shape index (κ3) is 5.78. The van der Waals surface area contributed by atoms with E-state index in [2.05, 4.69) is 10.0 Å². The van der Waals surface area contributed by atoms with Crippen LogP contribution in [0.4, 0.5) is 0 Å². The molecule has 0 aliphatic carbocycles. The zero-order valence-electron chi connectivity index (χ0n) is 10.4. The Morgan fingerprint density at radius 3 is 2.76 bits per heavy atom. The molecular weight excluding hydrogens is 244 g/mol. The number of rotatable bonds is 7. The Morgan fingerprint density at radius 1 is 1.53 bits per heavy atom. The summed E-state index contributed by atoms with van der Waals surface area (Å²) in [6, 6.07) is 0. The molecule has 0 aromatic rings. The molecule has 0 aromatic heterocycles. The van der Waals surface area contributed by atoms with Gasteiger partial charge in [-0.1, -0.05) is 0 Å². The first-order chi connectivity index (χ1) is 7.83. The van der Waals surface area contributed by atoms with Gasteiger partial charge in [0.15, 0.2) is 0 Å². The van der Waals surface area contributed by atoms with Gasteiger partial charge in [-0.3, -0.25) is 0 Å². The van der Waals surface area contributed by atoms with Crippen molar-refractivity contribution in [1.29, 1.82) is 0 Å². The van der Waals surface area contributed by atoms with Crippen LogP contribution < -0.4 is 10.0 Å². The number of aliphatic hydroxyl groups is 1. The lowest BCUT2D eigenvalue weighted by Crippen LogP contribution is -2.45. The summed E-state index contributed by atoms with van der Waals surface area (Å²) in [5.74, 6) is -0.0747. The van der Waals surface area contributed by atoms with Gasteiger partial charge < -0.3 is 15.2 Å². The molecule has 1 unspecified atom stereocenters. The second-order valence-corrected chi connectivity index (χ2v) is 6.64. The molecule has 0 bridgehead atoms. The van der Waals surface area contributed by atoms with E-state index in [-0.39, 0.29) is 25.0 Å². The van der Waals surface area contributed by atoms with Gasteiger partial charge in [0.2, 0.25) is 10.0 Å². The van der Waals surface area contributed by atoms with E-state index in [9.17, 15) is 13.5 Å². The van der Waals surface area contributed by atoms with Crippen LogP contribution in [0.2, 0.25) is 0 Å². The molecule has 1 fully saturated rings. The largest absolute Gasteiger partial charge is 0.387 e. The minimum absolute atomic E-state index is 0.0217. The Morgan fingerprint density at radius 2 is 2.24 bits per heavy atom. The summed E-state index contributed by atoms with van der Waals surface area (Å²) < 4.78 is 30.8. The van der Waals surface area contributed by atoms with Crippen LogP contribution in [0.25, 0.3) is 0 Å². The summed E-state index contributed by atoms with van der Waals surface area (Å²) in [4.78, 5) is 0. The maximum absolute atomic E-state index is 11.6. The number of hydrogen-bond acceptors (Lipinski definition) is 5. The van der Waals surface area contributed by atoms with Crippen molar-refractivity contribution in [3.63, 3.8) is 0 Å². The molecule has 1 aliphatic heterocycles. The zero-order valence-corrected chi connectivity index (χ0v) is 11.2. The summed E-state index contributed by atoms with van der Waals surface area (Å²) >= 11 is 0. The standard InChI is InChI=1S/C10H22N2O4S/c1-9(2)16-5-6-17(14,15)12-8-10(13)3-4-11-7-10/h9,11-13H,3-8H2,1-2H3. The van der Waals surface area contributed by atoms with E-state index in [4.69, 9.17) is 4.74 Å². The monoisotopic (exact) mass is 266 g/mol. The second-order valence-electron chi connectivity index (χ2n) is 4.71. The quantitative estimate of drug-likeness (QED) is 0.553. The number of sulfonamides is 1. The molecule has 1 heterocycles. The van der Waals surface area contributed by atoms with Crippen LogP contribution in [0.5, 0.6) is 0 Å². The fourth-order valence-electron chi connectivity index (χ4n) is 1.59. The number of nitrogens with one attached hydrogen (secondary N) is 2. The van der Waals surface area contributed by atoms with Gasteiger partial charge in [-0.15, -0.1) is 0 Å². The van der Waals surface area contributed by atoms with Gasteiger partial charge in [0.1, 0.15) is 0 Å². The van der Waals surface area contributed by atoms with Gasteiger partial charge in [-0.25, -0.2) is 13.1 Å². The van der Waals surface area contributed by atoms with Gasteiger partial charge in [0, 0.05) is 13.1 Å². The Bertz CT molecular complexity index is 323. The summed E-state index contributed by atoms with van der Waals surface area (Å²) in [6.07, 6.45) is 0.589. The summed E-state index contributed by atoms with van der Waals surface area (Å²) in [5, 5.41) is 12.9. The molecule has 0 radical (unpaired) electrons. The number of ether oxygens (including phenoxy) is 1. The Hall–Kier alpha value is -0.210. The smallest absolute Gasteiger partial charge is 0.213 e. The highest BCUT2D eigenvalue weighted by atomic mass is 32.2. The van der Waals surface area contributed by atoms with Crippen molar-refractivity contribution in [3.8, 4) is 0 Å². The highest BCUT2D eigenvalue weighted by molar-refractivity contribution is 7.89. The van der Waals surface area contributed by atoms with Crippen LogP contribution in [-0.2, 0) is 14.8 Å². The fourth-order valence-corrected chi connectivity index (χ4v) is 2.54. The maximum atomic E-state index is 11.6. The third-order valence-corrected chi connectivity index (χ3v) is 3.93. The topological polar surface area (TPSA) is 87.7 Å². The fraction of sp³-hybridized carbons (Fsp3) is 1.00. The minimum Gasteiger partial charge on any atom is -0.387 e. The summed E-state index contributed by atoms with van der Waals surface area (Å²) in [6.45, 7) is 5.08. The average Bonchev–Trinajstić information content (AvgIpc) is 2.63. The van der Waals surface area contributed by atoms with Gasteiger partial charge in [0.05, 0.1) is 24.1 Å². The van der Waals surface area contributed by atoms with E-state index in [0.29, 0.717) is 19.5 Å². The molecule has 6 nitrogen and oxygen atoms in total. The first-order valence-corrected chi connectivity index (χ1v) is 7.50. The second kappa shape index (κ2) is 6.10. The van der Waals surface area contributed by atoms with Gasteiger partial charge in [-0.2, -0.15) is 0 Å². The van der Waals surface area contributed by atoms with Crippen molar-refractivity contribution >= 4 is 10.0 Å². The van der Waals surface area contributed by atoms with Crippen molar-refractivity contribution < 1.29 is 18.3 Å². The first-order valence-electron chi connectivity index (χ1n) is 5.85. The summed E-state index contributed by atoms with van der Waals surface area (Å²) in [5.41, 5.74) is -0.952. The molecule has 0 amide bonds. The van der Waals surface area contributed by atoms with Gasteiger partial charge >= 0.3 is 0 Å². The van der Waals surface area contributed by atoms with Gasteiger partial charge in [-0.05, 0) is 26.8 Å². The predicted molar refractivity (Wildman–Crippen MR) is 65.3 cm³/mol. The van der Waals surface area contributed by atoms with Gasteiger partial charge in [0.25, 0.3) is 0 Å². The van der Waals surface area contributed by atoms with Crippen LogP contribution in [0.15, 0.2) is 0 Å². The lowest BCUT2D eigenvalue weighted by molar-refractivity contribution is 0.0663. The van der Waals surface area contributed by atoms with E-state index in [1.165, 1.54) is 0 Å². The lowest BCUT2D eigenvalue weighted by Gasteiger charge is -2.21. The molecular formula is C10H22N2O4S. The number of hydrogen-bond donors (Lipinski definition) is 3. The minimum atomic E-state index is -3.37. The molecule has 1 saturated heterocycles. The SMILES string of the molecule is CC(C)OCCS(=O)(=O)NCC1(O)CCNC1. The van der Waals surface area contributed by atoms with Crippen LogP contribution in [0.3, 0.4) is 0 Å². The van der Waals surface area contributed by atoms with Crippen LogP contribution in [-0.4, -0.2) is 57.2 Å². The van der Waals surface area contributed by atoms with Crippen molar-refractivity contribution in [1.82, 2.24) is 10.0 Å². The molecule has 1 rings (SSSR count). The zero-order chi connectivity index (χ0) is 12.9. The Kier molecular flexibility index (Phi) is 5.33. The van der Waals surface area contributed by atoms with E-state index in [1.54, 1.807) is 0 Å². The summed E-state index contributed by atoms with van der Waals surface area (Å²) in [7, 11) is -3.37. The molecule has 7 heteroatoms. The molecule has 102 valence electrons. The first kappa shape index (κ1) is 14.8. The predicted octanol–water partition coefficient (Wildman–Crippen LogP) is -0.945. The molecule has 0 aromatic carbocycles. The average molecular weight is 266 g/mol. The third-order valence-electron chi connectivity index (χ3n) is 2.65. The molecule has 1 atom stereocenters. The molecule has 0 spiro atoms. The van der Waals surface area contributed by atoms with Crippen LogP contribution in [0, 0.1) is 0 Å². The Balaban J connectivity index is 2.29. The Labute approximate surface area is 103 Å². The molecule has 0 saturated carbocycles. The highest BCUT2D eigenvalue weighted by Crippen LogP contribution is 2.12. The molecule has 3 N–H and O–H groups in total.